The molecule has 3 aliphatic rings. The third-order valence-corrected chi connectivity index (χ3v) is 5.87. The van der Waals surface area contributed by atoms with Crippen molar-refractivity contribution in [2.24, 2.45) is 11.8 Å². The van der Waals surface area contributed by atoms with Gasteiger partial charge in [0.25, 0.3) is 0 Å². The molecule has 1 aromatic rings. The second-order valence-corrected chi connectivity index (χ2v) is 8.46. The predicted octanol–water partition coefficient (Wildman–Crippen LogP) is 2.75. The molecule has 0 saturated carbocycles. The zero-order valence-corrected chi connectivity index (χ0v) is 16.3. The van der Waals surface area contributed by atoms with E-state index in [1.807, 2.05) is 50.3 Å². The fraction of sp³-hybridized carbons (Fsp3) is 0.500. The number of nitrogens with zero attached hydrogens (tertiary/aromatic N) is 1. The highest BCUT2D eigenvalue weighted by atomic mass is 16.5. The van der Waals surface area contributed by atoms with Gasteiger partial charge in [0.15, 0.2) is 0 Å². The Labute approximate surface area is 164 Å². The average molecular weight is 382 g/mol. The number of likely N-dealkylation sites (tertiary alicyclic amines) is 1. The monoisotopic (exact) mass is 382 g/mol. The van der Waals surface area contributed by atoms with Crippen molar-refractivity contribution >= 4 is 17.7 Å². The molecule has 0 radical (unpaired) electrons. The van der Waals surface area contributed by atoms with Crippen molar-refractivity contribution in [1.29, 1.82) is 0 Å². The molecule has 3 amide bonds. The van der Waals surface area contributed by atoms with Crippen LogP contribution in [0.3, 0.4) is 0 Å². The molecule has 4 rings (SSSR count). The van der Waals surface area contributed by atoms with Crippen LogP contribution in [0.4, 0.5) is 0 Å². The van der Waals surface area contributed by atoms with E-state index in [4.69, 9.17) is 4.74 Å². The number of fused-ring (bicyclic) bond motifs is 2. The van der Waals surface area contributed by atoms with Gasteiger partial charge >= 0.3 is 0 Å². The van der Waals surface area contributed by atoms with E-state index in [0.717, 1.165) is 11.3 Å². The number of imide groups is 1. The Morgan fingerprint density at radius 1 is 1.14 bits per heavy atom. The second kappa shape index (κ2) is 7.08. The standard InChI is InChI=1S/C22H26N2O4/c1-22(2)13-17(16-9-5-6-10-18(16)28-22)23-19(25)11-12-24-20(26)14-7-3-4-8-15(14)21(24)27/h3-6,9-10,14-15,17H,7-8,11-13H2,1-2H3,(H,23,25)/t14-,15+,17?. The topological polar surface area (TPSA) is 75.7 Å². The summed E-state index contributed by atoms with van der Waals surface area (Å²) in [5, 5.41) is 3.07. The van der Waals surface area contributed by atoms with Crippen molar-refractivity contribution in [3.05, 3.63) is 42.0 Å². The predicted molar refractivity (Wildman–Crippen MR) is 103 cm³/mol. The molecule has 3 atom stereocenters. The number of nitrogens with one attached hydrogen (secondary N) is 1. The number of hydrogen-bond acceptors (Lipinski definition) is 4. The molecule has 1 N–H and O–H groups in total. The van der Waals surface area contributed by atoms with E-state index in [0.29, 0.717) is 19.3 Å². The fourth-order valence-corrected chi connectivity index (χ4v) is 4.50. The molecule has 0 spiro atoms. The van der Waals surface area contributed by atoms with Gasteiger partial charge in [0.1, 0.15) is 11.4 Å². The Morgan fingerprint density at radius 3 is 2.46 bits per heavy atom. The van der Waals surface area contributed by atoms with E-state index in [-0.39, 0.29) is 54.2 Å². The zero-order valence-electron chi connectivity index (χ0n) is 16.3. The third kappa shape index (κ3) is 3.43. The summed E-state index contributed by atoms with van der Waals surface area (Å²) in [4.78, 5) is 38.9. The lowest BCUT2D eigenvalue weighted by Crippen LogP contribution is -2.42. The normalized spacial score (nSPS) is 27.8. The van der Waals surface area contributed by atoms with Gasteiger partial charge in [-0.2, -0.15) is 0 Å². The molecule has 28 heavy (non-hydrogen) atoms. The van der Waals surface area contributed by atoms with Crippen molar-refractivity contribution in [2.45, 2.75) is 51.2 Å². The Morgan fingerprint density at radius 2 is 1.79 bits per heavy atom. The van der Waals surface area contributed by atoms with Gasteiger partial charge in [-0.15, -0.1) is 0 Å². The highest BCUT2D eigenvalue weighted by molar-refractivity contribution is 6.05. The zero-order chi connectivity index (χ0) is 19.9. The van der Waals surface area contributed by atoms with Crippen LogP contribution in [0.5, 0.6) is 5.75 Å². The van der Waals surface area contributed by atoms with E-state index in [1.165, 1.54) is 4.90 Å². The summed E-state index contributed by atoms with van der Waals surface area (Å²) in [6, 6.07) is 7.56. The van der Waals surface area contributed by atoms with Crippen molar-refractivity contribution in [2.75, 3.05) is 6.54 Å². The van der Waals surface area contributed by atoms with Gasteiger partial charge in [0.2, 0.25) is 17.7 Å². The Bertz CT molecular complexity index is 819. The van der Waals surface area contributed by atoms with Gasteiger partial charge in [-0.25, -0.2) is 0 Å². The van der Waals surface area contributed by atoms with Gasteiger partial charge in [-0.05, 0) is 32.8 Å². The molecular formula is C22H26N2O4. The highest BCUT2D eigenvalue weighted by Gasteiger charge is 2.47. The molecule has 6 nitrogen and oxygen atoms in total. The first-order valence-electron chi connectivity index (χ1n) is 9.93. The number of carbonyl (C=O) groups is 3. The molecular weight excluding hydrogens is 356 g/mol. The molecule has 1 fully saturated rings. The maximum atomic E-state index is 12.6. The van der Waals surface area contributed by atoms with Gasteiger partial charge < -0.3 is 10.1 Å². The van der Waals surface area contributed by atoms with Crippen molar-refractivity contribution in [1.82, 2.24) is 10.2 Å². The van der Waals surface area contributed by atoms with Crippen LogP contribution in [0.2, 0.25) is 0 Å². The summed E-state index contributed by atoms with van der Waals surface area (Å²) in [6.45, 7) is 4.14. The molecule has 2 aliphatic heterocycles. The molecule has 2 heterocycles. The lowest BCUT2D eigenvalue weighted by Gasteiger charge is -2.38. The highest BCUT2D eigenvalue weighted by Crippen LogP contribution is 2.39. The minimum Gasteiger partial charge on any atom is -0.487 e. The fourth-order valence-electron chi connectivity index (χ4n) is 4.50. The molecule has 148 valence electrons. The summed E-state index contributed by atoms with van der Waals surface area (Å²) < 4.78 is 6.00. The minimum absolute atomic E-state index is 0.115. The Kier molecular flexibility index (Phi) is 4.73. The van der Waals surface area contributed by atoms with Crippen LogP contribution in [0, 0.1) is 11.8 Å². The van der Waals surface area contributed by atoms with Gasteiger partial charge in [0, 0.05) is 24.9 Å². The first-order chi connectivity index (χ1) is 13.4. The Hall–Kier alpha value is -2.63. The molecule has 1 saturated heterocycles. The molecule has 1 aliphatic carbocycles. The SMILES string of the molecule is CC1(C)CC(NC(=O)CCN2C(=O)[C@H]3CC=CC[C@H]3C2=O)c2ccccc2O1. The number of allylic oxidation sites excluding steroid dienone is 2. The molecule has 1 unspecified atom stereocenters. The number of para-hydroxylation sites is 1. The maximum absolute atomic E-state index is 12.6. The van der Waals surface area contributed by atoms with Crippen LogP contribution in [0.1, 0.15) is 51.1 Å². The van der Waals surface area contributed by atoms with E-state index in [1.54, 1.807) is 0 Å². The number of rotatable bonds is 4. The van der Waals surface area contributed by atoms with Crippen molar-refractivity contribution in [3.63, 3.8) is 0 Å². The van der Waals surface area contributed by atoms with E-state index in [2.05, 4.69) is 5.32 Å². The van der Waals surface area contributed by atoms with Crippen LogP contribution in [-0.2, 0) is 14.4 Å². The first kappa shape index (κ1) is 18.7. The number of ether oxygens (including phenoxy) is 1. The van der Waals surface area contributed by atoms with Crippen molar-refractivity contribution < 1.29 is 19.1 Å². The van der Waals surface area contributed by atoms with Crippen LogP contribution in [-0.4, -0.2) is 34.8 Å². The van der Waals surface area contributed by atoms with Crippen molar-refractivity contribution in [3.8, 4) is 5.75 Å². The molecule has 0 bridgehead atoms. The van der Waals surface area contributed by atoms with Gasteiger partial charge in [-0.1, -0.05) is 30.4 Å². The number of amides is 3. The molecule has 6 heteroatoms. The summed E-state index contributed by atoms with van der Waals surface area (Å²) in [6.07, 6.45) is 5.94. The second-order valence-electron chi connectivity index (χ2n) is 8.46. The van der Waals surface area contributed by atoms with Gasteiger partial charge in [0.05, 0.1) is 17.9 Å². The minimum atomic E-state index is -0.379. The van der Waals surface area contributed by atoms with Crippen LogP contribution in [0.15, 0.2) is 36.4 Å². The Balaban J connectivity index is 1.39. The summed E-state index contributed by atoms with van der Waals surface area (Å²) in [5.74, 6) is -0.140. The largest absolute Gasteiger partial charge is 0.487 e. The maximum Gasteiger partial charge on any atom is 0.233 e. The first-order valence-corrected chi connectivity index (χ1v) is 9.93. The van der Waals surface area contributed by atoms with E-state index >= 15 is 0 Å². The smallest absolute Gasteiger partial charge is 0.233 e. The summed E-state index contributed by atoms with van der Waals surface area (Å²) >= 11 is 0. The summed E-state index contributed by atoms with van der Waals surface area (Å²) in [5.41, 5.74) is 0.580. The quantitative estimate of drug-likeness (QED) is 0.642. The third-order valence-electron chi connectivity index (χ3n) is 5.87. The lowest BCUT2D eigenvalue weighted by atomic mass is 9.85. The molecule has 0 aromatic heterocycles. The van der Waals surface area contributed by atoms with E-state index < -0.39 is 0 Å². The lowest BCUT2D eigenvalue weighted by molar-refractivity contribution is -0.140. The van der Waals surface area contributed by atoms with Gasteiger partial charge in [-0.3, -0.25) is 19.3 Å². The van der Waals surface area contributed by atoms with Crippen LogP contribution in [0.25, 0.3) is 0 Å². The molecule has 1 aromatic carbocycles. The average Bonchev–Trinajstić information content (AvgIpc) is 2.90. The number of benzene rings is 1. The van der Waals surface area contributed by atoms with E-state index in [9.17, 15) is 14.4 Å². The number of hydrogen-bond donors (Lipinski definition) is 1. The van der Waals surface area contributed by atoms with Crippen LogP contribution < -0.4 is 10.1 Å². The summed E-state index contributed by atoms with van der Waals surface area (Å²) in [7, 11) is 0. The number of carbonyl (C=O) groups excluding carboxylic acids is 3. The van der Waals surface area contributed by atoms with Crippen LogP contribution >= 0.6 is 0 Å².